The molecule has 19 heavy (non-hydrogen) atoms. The van der Waals surface area contributed by atoms with Crippen molar-refractivity contribution in [2.24, 2.45) is 11.7 Å². The summed E-state index contributed by atoms with van der Waals surface area (Å²) in [6.07, 6.45) is 2.44. The molecule has 0 fully saturated rings. The lowest BCUT2D eigenvalue weighted by atomic mass is 10.1. The van der Waals surface area contributed by atoms with Gasteiger partial charge in [0.05, 0.1) is 6.10 Å². The van der Waals surface area contributed by atoms with Crippen molar-refractivity contribution in [3.05, 3.63) is 29.8 Å². The molecule has 0 spiro atoms. The summed E-state index contributed by atoms with van der Waals surface area (Å²) in [5.41, 5.74) is 6.93. The molecule has 3 nitrogen and oxygen atoms in total. The fraction of sp³-hybridized carbons (Fsp3) is 0.625. The van der Waals surface area contributed by atoms with Crippen molar-refractivity contribution in [3.8, 4) is 5.75 Å². The lowest BCUT2D eigenvalue weighted by molar-refractivity contribution is 0.242. The van der Waals surface area contributed by atoms with Crippen LogP contribution in [0.3, 0.4) is 0 Å². The Balaban J connectivity index is 2.19. The third-order valence-electron chi connectivity index (χ3n) is 3.10. The summed E-state index contributed by atoms with van der Waals surface area (Å²) in [4.78, 5) is 0. The molecule has 108 valence electrons. The average molecular weight is 264 g/mol. The summed E-state index contributed by atoms with van der Waals surface area (Å²) in [6.45, 7) is 9.11. The molecule has 1 rings (SSSR count). The van der Waals surface area contributed by atoms with Crippen molar-refractivity contribution in [2.75, 3.05) is 19.6 Å². The Kier molecular flexibility index (Phi) is 7.53. The monoisotopic (exact) mass is 264 g/mol. The quantitative estimate of drug-likeness (QED) is 0.674. The van der Waals surface area contributed by atoms with Crippen molar-refractivity contribution >= 4 is 0 Å². The van der Waals surface area contributed by atoms with E-state index in [1.54, 1.807) is 0 Å². The van der Waals surface area contributed by atoms with Crippen LogP contribution < -0.4 is 15.8 Å². The number of nitrogens with one attached hydrogen (secondary N) is 1. The maximum atomic E-state index is 5.62. The molecule has 1 atom stereocenters. The molecule has 0 saturated heterocycles. The van der Waals surface area contributed by atoms with Crippen molar-refractivity contribution < 1.29 is 4.74 Å². The van der Waals surface area contributed by atoms with Crippen LogP contribution in [0.4, 0.5) is 0 Å². The van der Waals surface area contributed by atoms with E-state index in [0.29, 0.717) is 5.92 Å². The largest absolute Gasteiger partial charge is 0.491 e. The van der Waals surface area contributed by atoms with Gasteiger partial charge in [0, 0.05) is 0 Å². The Morgan fingerprint density at radius 1 is 1.11 bits per heavy atom. The maximum absolute atomic E-state index is 5.62. The van der Waals surface area contributed by atoms with Crippen molar-refractivity contribution in [1.82, 2.24) is 5.32 Å². The number of ether oxygens (including phenoxy) is 1. The molecule has 0 bridgehead atoms. The van der Waals surface area contributed by atoms with E-state index in [4.69, 9.17) is 10.5 Å². The molecule has 0 saturated carbocycles. The Labute approximate surface area is 117 Å². The summed E-state index contributed by atoms with van der Waals surface area (Å²) >= 11 is 0. The highest BCUT2D eigenvalue weighted by Gasteiger charge is 2.00. The van der Waals surface area contributed by atoms with Crippen molar-refractivity contribution in [2.45, 2.75) is 39.7 Å². The molecule has 1 unspecified atom stereocenters. The SMILES string of the molecule is CC(CN)CCNCCc1ccc(OC(C)C)cc1. The third kappa shape index (κ3) is 7.19. The van der Waals surface area contributed by atoms with Gasteiger partial charge in [0.2, 0.25) is 0 Å². The lowest BCUT2D eigenvalue weighted by Gasteiger charge is -2.11. The summed E-state index contributed by atoms with van der Waals surface area (Å²) in [5.74, 6) is 1.56. The Morgan fingerprint density at radius 3 is 2.37 bits per heavy atom. The zero-order chi connectivity index (χ0) is 14.1. The van der Waals surface area contributed by atoms with Crippen LogP contribution >= 0.6 is 0 Å². The molecular weight excluding hydrogens is 236 g/mol. The van der Waals surface area contributed by atoms with Gasteiger partial charge in [0.25, 0.3) is 0 Å². The van der Waals surface area contributed by atoms with Gasteiger partial charge in [-0.3, -0.25) is 0 Å². The lowest BCUT2D eigenvalue weighted by Crippen LogP contribution is -2.22. The summed E-state index contributed by atoms with van der Waals surface area (Å²) in [5, 5.41) is 3.46. The van der Waals surface area contributed by atoms with Crippen LogP contribution in [0.2, 0.25) is 0 Å². The molecule has 0 aliphatic heterocycles. The molecule has 0 aliphatic carbocycles. The number of benzene rings is 1. The fourth-order valence-electron chi connectivity index (χ4n) is 1.83. The number of rotatable bonds is 9. The zero-order valence-electron chi connectivity index (χ0n) is 12.5. The van der Waals surface area contributed by atoms with E-state index in [9.17, 15) is 0 Å². The summed E-state index contributed by atoms with van der Waals surface area (Å²) < 4.78 is 5.62. The Bertz CT molecular complexity index is 335. The summed E-state index contributed by atoms with van der Waals surface area (Å²) in [6, 6.07) is 8.38. The predicted molar refractivity (Wildman–Crippen MR) is 81.6 cm³/mol. The van der Waals surface area contributed by atoms with E-state index in [2.05, 4.69) is 24.4 Å². The van der Waals surface area contributed by atoms with Gasteiger partial charge in [-0.15, -0.1) is 0 Å². The second-order valence-corrected chi connectivity index (χ2v) is 5.44. The van der Waals surface area contributed by atoms with Gasteiger partial charge in [0.15, 0.2) is 0 Å². The highest BCUT2D eigenvalue weighted by Crippen LogP contribution is 2.13. The van der Waals surface area contributed by atoms with Gasteiger partial charge < -0.3 is 15.8 Å². The molecule has 3 N–H and O–H groups in total. The molecule has 0 amide bonds. The first kappa shape index (κ1) is 16.0. The van der Waals surface area contributed by atoms with Gasteiger partial charge in [-0.1, -0.05) is 19.1 Å². The van der Waals surface area contributed by atoms with Gasteiger partial charge in [-0.25, -0.2) is 0 Å². The van der Waals surface area contributed by atoms with Crippen LogP contribution in [-0.4, -0.2) is 25.7 Å². The normalized spacial score (nSPS) is 12.7. The van der Waals surface area contributed by atoms with Crippen LogP contribution in [0.5, 0.6) is 5.75 Å². The number of hydrogen-bond donors (Lipinski definition) is 2. The van der Waals surface area contributed by atoms with E-state index in [1.807, 2.05) is 26.0 Å². The van der Waals surface area contributed by atoms with Gasteiger partial charge >= 0.3 is 0 Å². The van der Waals surface area contributed by atoms with Crippen LogP contribution in [0, 0.1) is 5.92 Å². The molecule has 1 aromatic carbocycles. The molecule has 0 aromatic heterocycles. The third-order valence-corrected chi connectivity index (χ3v) is 3.10. The maximum Gasteiger partial charge on any atom is 0.119 e. The van der Waals surface area contributed by atoms with Crippen LogP contribution in [0.15, 0.2) is 24.3 Å². The van der Waals surface area contributed by atoms with Crippen molar-refractivity contribution in [3.63, 3.8) is 0 Å². The number of hydrogen-bond acceptors (Lipinski definition) is 3. The molecule has 0 radical (unpaired) electrons. The topological polar surface area (TPSA) is 47.3 Å². The standard InChI is InChI=1S/C16H28N2O/c1-13(2)19-16-6-4-15(5-7-16)9-11-18-10-8-14(3)12-17/h4-7,13-14,18H,8-12,17H2,1-3H3. The highest BCUT2D eigenvalue weighted by molar-refractivity contribution is 5.27. The molecule has 3 heteroatoms. The van der Waals surface area contributed by atoms with E-state index < -0.39 is 0 Å². The smallest absolute Gasteiger partial charge is 0.119 e. The Hall–Kier alpha value is -1.06. The first-order chi connectivity index (χ1) is 9.11. The van der Waals surface area contributed by atoms with E-state index >= 15 is 0 Å². The van der Waals surface area contributed by atoms with E-state index in [0.717, 1.165) is 38.2 Å². The van der Waals surface area contributed by atoms with Gasteiger partial charge in [-0.2, -0.15) is 0 Å². The minimum atomic E-state index is 0.233. The highest BCUT2D eigenvalue weighted by atomic mass is 16.5. The van der Waals surface area contributed by atoms with Gasteiger partial charge in [0.1, 0.15) is 5.75 Å². The van der Waals surface area contributed by atoms with Crippen molar-refractivity contribution in [1.29, 1.82) is 0 Å². The molecule has 1 aromatic rings. The molecule has 0 aliphatic rings. The molecule has 0 heterocycles. The minimum absolute atomic E-state index is 0.233. The van der Waals surface area contributed by atoms with Gasteiger partial charge in [-0.05, 0) is 69.9 Å². The zero-order valence-corrected chi connectivity index (χ0v) is 12.5. The minimum Gasteiger partial charge on any atom is -0.491 e. The second-order valence-electron chi connectivity index (χ2n) is 5.44. The van der Waals surface area contributed by atoms with Crippen LogP contribution in [0.1, 0.15) is 32.8 Å². The van der Waals surface area contributed by atoms with E-state index in [1.165, 1.54) is 5.56 Å². The molecular formula is C16H28N2O. The first-order valence-corrected chi connectivity index (χ1v) is 7.28. The number of nitrogens with two attached hydrogens (primary N) is 1. The fourth-order valence-corrected chi connectivity index (χ4v) is 1.83. The van der Waals surface area contributed by atoms with Crippen LogP contribution in [-0.2, 0) is 6.42 Å². The summed E-state index contributed by atoms with van der Waals surface area (Å²) in [7, 11) is 0. The second kappa shape index (κ2) is 8.94. The Morgan fingerprint density at radius 2 is 1.79 bits per heavy atom. The van der Waals surface area contributed by atoms with Crippen LogP contribution in [0.25, 0.3) is 0 Å². The predicted octanol–water partition coefficient (Wildman–Crippen LogP) is 2.59. The first-order valence-electron chi connectivity index (χ1n) is 7.28. The van der Waals surface area contributed by atoms with E-state index in [-0.39, 0.29) is 6.10 Å². The average Bonchev–Trinajstić information content (AvgIpc) is 2.39.